The second-order valence-corrected chi connectivity index (χ2v) is 7.80. The monoisotopic (exact) mass is 368 g/mol. The second kappa shape index (κ2) is 6.05. The van der Waals surface area contributed by atoms with Gasteiger partial charge in [0.05, 0.1) is 29.9 Å². The molecule has 5 heterocycles. The highest BCUT2D eigenvalue weighted by Crippen LogP contribution is 2.39. The van der Waals surface area contributed by atoms with Crippen molar-refractivity contribution in [3.8, 4) is 0 Å². The quantitative estimate of drug-likeness (QED) is 0.839. The third-order valence-electron chi connectivity index (χ3n) is 6.23. The molecule has 5 rings (SSSR count). The van der Waals surface area contributed by atoms with Crippen molar-refractivity contribution in [3.05, 3.63) is 45.5 Å². The van der Waals surface area contributed by atoms with Gasteiger partial charge in [0.25, 0.3) is 5.56 Å². The maximum atomic E-state index is 13.2. The molecule has 142 valence electrons. The first-order chi connectivity index (χ1) is 13.1. The van der Waals surface area contributed by atoms with Crippen molar-refractivity contribution in [2.45, 2.75) is 57.8 Å². The summed E-state index contributed by atoms with van der Waals surface area (Å²) < 4.78 is 7.31. The fourth-order valence-electron chi connectivity index (χ4n) is 4.85. The minimum absolute atomic E-state index is 0.0351. The normalized spacial score (nSPS) is 29.3. The minimum atomic E-state index is -0.0836. The van der Waals surface area contributed by atoms with Crippen molar-refractivity contribution >= 4 is 11.6 Å². The molecule has 0 saturated carbocycles. The number of aromatic amines is 1. The van der Waals surface area contributed by atoms with E-state index in [2.05, 4.69) is 16.2 Å². The van der Waals surface area contributed by atoms with Crippen LogP contribution in [0.4, 0.5) is 0 Å². The number of nitrogens with one attached hydrogen (secondary N) is 1. The van der Waals surface area contributed by atoms with E-state index in [0.29, 0.717) is 12.1 Å². The van der Waals surface area contributed by atoms with Crippen LogP contribution in [0.25, 0.3) is 5.65 Å². The van der Waals surface area contributed by atoms with Crippen LogP contribution < -0.4 is 5.56 Å². The van der Waals surface area contributed by atoms with Gasteiger partial charge in [-0.2, -0.15) is 0 Å². The highest BCUT2D eigenvalue weighted by molar-refractivity contribution is 5.81. The number of carbonyl (C=O) groups excluding carboxylic acids is 1. The van der Waals surface area contributed by atoms with E-state index in [-0.39, 0.29) is 35.6 Å². The Morgan fingerprint density at radius 1 is 1.41 bits per heavy atom. The summed E-state index contributed by atoms with van der Waals surface area (Å²) in [4.78, 5) is 32.4. The fraction of sp³-hybridized carbons (Fsp3) is 0.550. The molecule has 2 fully saturated rings. The number of aromatic nitrogens is 3. The minimum Gasteiger partial charge on any atom is -0.366 e. The van der Waals surface area contributed by atoms with E-state index in [9.17, 15) is 9.59 Å². The van der Waals surface area contributed by atoms with Gasteiger partial charge in [-0.05, 0) is 32.6 Å². The predicted molar refractivity (Wildman–Crippen MR) is 99.5 cm³/mol. The van der Waals surface area contributed by atoms with Gasteiger partial charge in [-0.15, -0.1) is 0 Å². The van der Waals surface area contributed by atoms with Gasteiger partial charge in [-0.1, -0.05) is 19.1 Å². The first-order valence-corrected chi connectivity index (χ1v) is 9.82. The Balaban J connectivity index is 1.48. The number of fused-ring (bicyclic) bond motifs is 3. The Labute approximate surface area is 157 Å². The Kier molecular flexibility index (Phi) is 3.75. The van der Waals surface area contributed by atoms with E-state index in [4.69, 9.17) is 4.74 Å². The fourth-order valence-corrected chi connectivity index (χ4v) is 4.85. The molecule has 0 radical (unpaired) electrons. The number of hydrogen-bond donors (Lipinski definition) is 1. The molecule has 0 aliphatic carbocycles. The highest BCUT2D eigenvalue weighted by atomic mass is 16.5. The molecule has 2 saturated heterocycles. The van der Waals surface area contributed by atoms with Gasteiger partial charge in [0.2, 0.25) is 5.91 Å². The van der Waals surface area contributed by atoms with E-state index in [0.717, 1.165) is 42.8 Å². The largest absolute Gasteiger partial charge is 0.366 e. The lowest BCUT2D eigenvalue weighted by Gasteiger charge is -2.28. The number of carbonyl (C=O) groups is 1. The maximum Gasteiger partial charge on any atom is 0.276 e. The molecule has 1 amide bonds. The zero-order valence-electron chi connectivity index (χ0n) is 15.6. The smallest absolute Gasteiger partial charge is 0.276 e. The van der Waals surface area contributed by atoms with E-state index < -0.39 is 0 Å². The number of aryl methyl sites for hydroxylation is 1. The SMILES string of the molecule is CCc1c(C)nc2cc([C@@H]3CCCN3C(=O)[C@H]3C[C@@H]4C=C[C@@H]3O4)[nH]n2c1=O. The Bertz CT molecular complexity index is 1000. The van der Waals surface area contributed by atoms with Crippen molar-refractivity contribution in [2.75, 3.05) is 6.54 Å². The number of rotatable bonds is 3. The first-order valence-electron chi connectivity index (χ1n) is 9.82. The molecule has 3 aliphatic heterocycles. The zero-order valence-corrected chi connectivity index (χ0v) is 15.6. The van der Waals surface area contributed by atoms with Crippen LogP contribution in [0.3, 0.4) is 0 Å². The first kappa shape index (κ1) is 16.7. The van der Waals surface area contributed by atoms with E-state index in [1.165, 1.54) is 4.52 Å². The third kappa shape index (κ3) is 2.48. The zero-order chi connectivity index (χ0) is 18.7. The lowest BCUT2D eigenvalue weighted by molar-refractivity contribution is -0.137. The van der Waals surface area contributed by atoms with Crippen molar-refractivity contribution in [3.63, 3.8) is 0 Å². The molecule has 0 unspecified atom stereocenters. The van der Waals surface area contributed by atoms with Crippen molar-refractivity contribution in [1.29, 1.82) is 0 Å². The molecule has 0 spiro atoms. The molecule has 2 aromatic heterocycles. The summed E-state index contributed by atoms with van der Waals surface area (Å²) in [6.45, 7) is 4.59. The van der Waals surface area contributed by atoms with Gasteiger partial charge in [0.1, 0.15) is 0 Å². The van der Waals surface area contributed by atoms with Crippen LogP contribution in [0.2, 0.25) is 0 Å². The molecule has 7 nitrogen and oxygen atoms in total. The number of likely N-dealkylation sites (tertiary alicyclic amines) is 1. The summed E-state index contributed by atoms with van der Waals surface area (Å²) in [6, 6.07) is 1.88. The number of amides is 1. The van der Waals surface area contributed by atoms with Gasteiger partial charge in [0, 0.05) is 23.9 Å². The van der Waals surface area contributed by atoms with Crippen LogP contribution in [-0.4, -0.2) is 44.2 Å². The molecule has 3 aliphatic rings. The summed E-state index contributed by atoms with van der Waals surface area (Å²) >= 11 is 0. The van der Waals surface area contributed by atoms with E-state index >= 15 is 0 Å². The molecule has 7 heteroatoms. The van der Waals surface area contributed by atoms with Gasteiger partial charge in [-0.25, -0.2) is 9.50 Å². The number of nitrogens with zero attached hydrogens (tertiary/aromatic N) is 3. The van der Waals surface area contributed by atoms with Gasteiger partial charge < -0.3 is 9.64 Å². The lowest BCUT2D eigenvalue weighted by atomic mass is 9.92. The van der Waals surface area contributed by atoms with E-state index in [1.807, 2.05) is 30.9 Å². The Hall–Kier alpha value is -2.41. The molecule has 0 aromatic carbocycles. The van der Waals surface area contributed by atoms with Crippen LogP contribution in [0.15, 0.2) is 23.0 Å². The number of ether oxygens (including phenoxy) is 1. The molecule has 2 aromatic rings. The average Bonchev–Trinajstić information content (AvgIpc) is 3.42. The topological polar surface area (TPSA) is 79.7 Å². The van der Waals surface area contributed by atoms with Crippen LogP contribution in [0.5, 0.6) is 0 Å². The second-order valence-electron chi connectivity index (χ2n) is 7.80. The predicted octanol–water partition coefficient (Wildman–Crippen LogP) is 1.90. The molecule has 1 N–H and O–H groups in total. The summed E-state index contributed by atoms with van der Waals surface area (Å²) in [7, 11) is 0. The third-order valence-corrected chi connectivity index (χ3v) is 6.23. The van der Waals surface area contributed by atoms with Crippen molar-refractivity contribution < 1.29 is 9.53 Å². The molecule has 4 atom stereocenters. The van der Waals surface area contributed by atoms with Gasteiger partial charge in [0.15, 0.2) is 5.65 Å². The maximum absolute atomic E-state index is 13.2. The number of hydrogen-bond acceptors (Lipinski definition) is 4. The van der Waals surface area contributed by atoms with Crippen LogP contribution in [0.1, 0.15) is 49.2 Å². The summed E-state index contributed by atoms with van der Waals surface area (Å²) in [5.74, 6) is 0.0819. The van der Waals surface area contributed by atoms with E-state index in [1.54, 1.807) is 0 Å². The Morgan fingerprint density at radius 3 is 2.96 bits per heavy atom. The molecular weight excluding hydrogens is 344 g/mol. The van der Waals surface area contributed by atoms with Gasteiger partial charge >= 0.3 is 0 Å². The Morgan fingerprint density at radius 2 is 2.26 bits per heavy atom. The lowest BCUT2D eigenvalue weighted by Crippen LogP contribution is -2.39. The van der Waals surface area contributed by atoms with Crippen molar-refractivity contribution in [1.82, 2.24) is 19.5 Å². The molecule has 27 heavy (non-hydrogen) atoms. The number of H-pyrrole nitrogens is 1. The summed E-state index contributed by atoms with van der Waals surface area (Å²) in [6.07, 6.45) is 7.37. The summed E-state index contributed by atoms with van der Waals surface area (Å²) in [5.41, 5.74) is 2.96. The highest BCUT2D eigenvalue weighted by Gasteiger charge is 2.45. The standard InChI is InChI=1S/C20H24N4O3/c1-3-13-11(2)21-18-10-15(22-24(18)20(13)26)16-5-4-8-23(16)19(25)14-9-12-6-7-17(14)27-12/h6-7,10,12,14,16-17,22H,3-5,8-9H2,1-2H3/t12-,14-,16-,17-/m0/s1. The van der Waals surface area contributed by atoms with Crippen LogP contribution in [0, 0.1) is 12.8 Å². The van der Waals surface area contributed by atoms with Crippen LogP contribution in [-0.2, 0) is 16.0 Å². The van der Waals surface area contributed by atoms with Crippen molar-refractivity contribution in [2.24, 2.45) is 5.92 Å². The molecular formula is C20H24N4O3. The van der Waals surface area contributed by atoms with Crippen LogP contribution >= 0.6 is 0 Å². The van der Waals surface area contributed by atoms with Gasteiger partial charge in [-0.3, -0.25) is 14.7 Å². The molecule has 2 bridgehead atoms. The summed E-state index contributed by atoms with van der Waals surface area (Å²) in [5, 5.41) is 3.22. The average molecular weight is 368 g/mol.